The van der Waals surface area contributed by atoms with E-state index in [-0.39, 0.29) is 11.8 Å². The zero-order valence-corrected chi connectivity index (χ0v) is 14.5. The summed E-state index contributed by atoms with van der Waals surface area (Å²) < 4.78 is 0. The fraction of sp³-hybridized carbons (Fsp3) is 0.889. The summed E-state index contributed by atoms with van der Waals surface area (Å²) in [5.41, 5.74) is 0. The predicted molar refractivity (Wildman–Crippen MR) is 90.0 cm³/mol. The number of rotatable bonds is 3. The fourth-order valence-electron chi connectivity index (χ4n) is 4.29. The van der Waals surface area contributed by atoms with Crippen molar-refractivity contribution in [3.05, 3.63) is 0 Å². The molecule has 0 bridgehead atoms. The molecular weight excluding hydrogens is 290 g/mol. The molecule has 1 atom stereocenters. The van der Waals surface area contributed by atoms with Crippen molar-refractivity contribution in [2.75, 3.05) is 45.8 Å². The summed E-state index contributed by atoms with van der Waals surface area (Å²) in [4.78, 5) is 31.2. The van der Waals surface area contributed by atoms with Gasteiger partial charge < -0.3 is 9.80 Å². The van der Waals surface area contributed by atoms with E-state index in [1.165, 1.54) is 12.8 Å². The van der Waals surface area contributed by atoms with E-state index < -0.39 is 0 Å². The molecule has 3 aliphatic rings. The molecule has 5 heteroatoms. The maximum absolute atomic E-state index is 12.5. The maximum atomic E-state index is 12.5. The number of amides is 2. The number of hydrogen-bond donors (Lipinski definition) is 0. The first-order valence-corrected chi connectivity index (χ1v) is 9.42. The van der Waals surface area contributed by atoms with Gasteiger partial charge in [0, 0.05) is 38.6 Å². The second kappa shape index (κ2) is 7.65. The van der Waals surface area contributed by atoms with E-state index in [9.17, 15) is 9.59 Å². The molecule has 0 N–H and O–H groups in total. The number of likely N-dealkylation sites (tertiary alicyclic amines) is 3. The van der Waals surface area contributed by atoms with Crippen molar-refractivity contribution in [2.45, 2.75) is 45.4 Å². The minimum absolute atomic E-state index is 0.146. The maximum Gasteiger partial charge on any atom is 0.236 e. The Bertz CT molecular complexity index is 426. The molecule has 0 radical (unpaired) electrons. The first-order valence-electron chi connectivity index (χ1n) is 9.42. The smallest absolute Gasteiger partial charge is 0.236 e. The van der Waals surface area contributed by atoms with Gasteiger partial charge in [-0.3, -0.25) is 14.5 Å². The van der Waals surface area contributed by atoms with Crippen molar-refractivity contribution in [1.29, 1.82) is 0 Å². The Labute approximate surface area is 140 Å². The van der Waals surface area contributed by atoms with Crippen LogP contribution in [0.3, 0.4) is 0 Å². The average molecular weight is 321 g/mol. The molecule has 2 amide bonds. The van der Waals surface area contributed by atoms with Gasteiger partial charge in [0.1, 0.15) is 0 Å². The number of hydrogen-bond acceptors (Lipinski definition) is 3. The summed E-state index contributed by atoms with van der Waals surface area (Å²) >= 11 is 0. The second-order valence-corrected chi connectivity index (χ2v) is 7.67. The third-order valence-electron chi connectivity index (χ3n) is 5.71. The van der Waals surface area contributed by atoms with Gasteiger partial charge in [0.05, 0.1) is 6.54 Å². The van der Waals surface area contributed by atoms with Gasteiger partial charge in [-0.05, 0) is 51.0 Å². The topological polar surface area (TPSA) is 43.9 Å². The van der Waals surface area contributed by atoms with Crippen LogP contribution in [-0.2, 0) is 9.59 Å². The van der Waals surface area contributed by atoms with Crippen LogP contribution < -0.4 is 0 Å². The lowest BCUT2D eigenvalue weighted by atomic mass is 9.95. The molecule has 0 aromatic heterocycles. The third-order valence-corrected chi connectivity index (χ3v) is 5.71. The lowest BCUT2D eigenvalue weighted by Gasteiger charge is -2.36. The molecule has 3 aliphatic heterocycles. The normalized spacial score (nSPS) is 27.4. The van der Waals surface area contributed by atoms with Gasteiger partial charge in [0.2, 0.25) is 11.8 Å². The zero-order valence-electron chi connectivity index (χ0n) is 14.5. The van der Waals surface area contributed by atoms with E-state index in [1.807, 2.05) is 9.80 Å². The first kappa shape index (κ1) is 16.7. The SMILES string of the molecule is CC1CCCN(CC(=O)N2CCC(C(=O)N3CCCC3)CC2)C1. The molecule has 3 saturated heterocycles. The predicted octanol–water partition coefficient (Wildman–Crippen LogP) is 1.58. The average Bonchev–Trinajstić information content (AvgIpc) is 3.09. The highest BCUT2D eigenvalue weighted by Gasteiger charge is 2.31. The van der Waals surface area contributed by atoms with Crippen LogP contribution >= 0.6 is 0 Å². The second-order valence-electron chi connectivity index (χ2n) is 7.67. The minimum atomic E-state index is 0.146. The molecule has 130 valence electrons. The molecule has 0 aromatic rings. The molecule has 0 aromatic carbocycles. The molecule has 0 saturated carbocycles. The molecule has 5 nitrogen and oxygen atoms in total. The Morgan fingerprint density at radius 3 is 2.22 bits per heavy atom. The third kappa shape index (κ3) is 4.25. The van der Waals surface area contributed by atoms with E-state index in [4.69, 9.17) is 0 Å². The van der Waals surface area contributed by atoms with E-state index >= 15 is 0 Å². The quantitative estimate of drug-likeness (QED) is 0.793. The van der Waals surface area contributed by atoms with E-state index in [1.54, 1.807) is 0 Å². The van der Waals surface area contributed by atoms with Crippen LogP contribution in [0.2, 0.25) is 0 Å². The van der Waals surface area contributed by atoms with Crippen LogP contribution in [0.1, 0.15) is 45.4 Å². The molecule has 3 rings (SSSR count). The van der Waals surface area contributed by atoms with Gasteiger partial charge in [-0.15, -0.1) is 0 Å². The Morgan fingerprint density at radius 2 is 1.57 bits per heavy atom. The summed E-state index contributed by atoms with van der Waals surface area (Å²) in [6, 6.07) is 0. The molecule has 3 fully saturated rings. The van der Waals surface area contributed by atoms with Gasteiger partial charge >= 0.3 is 0 Å². The van der Waals surface area contributed by atoms with Gasteiger partial charge in [-0.2, -0.15) is 0 Å². The van der Waals surface area contributed by atoms with Gasteiger partial charge in [-0.1, -0.05) is 6.92 Å². The van der Waals surface area contributed by atoms with Crippen LogP contribution in [0, 0.1) is 11.8 Å². The lowest BCUT2D eigenvalue weighted by molar-refractivity contribution is -0.140. The zero-order chi connectivity index (χ0) is 16.2. The van der Waals surface area contributed by atoms with Gasteiger partial charge in [0.25, 0.3) is 0 Å². The Hall–Kier alpha value is -1.10. The molecule has 3 heterocycles. The highest BCUT2D eigenvalue weighted by atomic mass is 16.2. The summed E-state index contributed by atoms with van der Waals surface area (Å²) in [5, 5.41) is 0. The molecule has 1 unspecified atom stereocenters. The van der Waals surface area contributed by atoms with Crippen molar-refractivity contribution >= 4 is 11.8 Å². The summed E-state index contributed by atoms with van der Waals surface area (Å²) in [6.07, 6.45) is 6.49. The summed E-state index contributed by atoms with van der Waals surface area (Å²) in [7, 11) is 0. The number of carbonyl (C=O) groups is 2. The highest BCUT2D eigenvalue weighted by molar-refractivity contribution is 5.81. The van der Waals surface area contributed by atoms with Crippen molar-refractivity contribution in [1.82, 2.24) is 14.7 Å². The monoisotopic (exact) mass is 321 g/mol. The Kier molecular flexibility index (Phi) is 5.57. The van der Waals surface area contributed by atoms with Crippen molar-refractivity contribution in [3.8, 4) is 0 Å². The van der Waals surface area contributed by atoms with Gasteiger partial charge in [0.15, 0.2) is 0 Å². The van der Waals surface area contributed by atoms with Crippen LogP contribution in [0.25, 0.3) is 0 Å². The van der Waals surface area contributed by atoms with Crippen LogP contribution in [0.4, 0.5) is 0 Å². The molecule has 0 aliphatic carbocycles. The van der Waals surface area contributed by atoms with E-state index in [0.29, 0.717) is 18.4 Å². The van der Waals surface area contributed by atoms with Crippen LogP contribution in [0.15, 0.2) is 0 Å². The Balaban J connectivity index is 1.42. The number of piperidine rings is 2. The van der Waals surface area contributed by atoms with Crippen molar-refractivity contribution < 1.29 is 9.59 Å². The molecule has 23 heavy (non-hydrogen) atoms. The van der Waals surface area contributed by atoms with Crippen LogP contribution in [-0.4, -0.2) is 72.3 Å². The standard InChI is InChI=1S/C18H31N3O2/c1-15-5-4-8-19(13-15)14-17(22)20-11-6-16(7-12-20)18(23)21-9-2-3-10-21/h15-16H,2-14H2,1H3. The van der Waals surface area contributed by atoms with Crippen molar-refractivity contribution in [3.63, 3.8) is 0 Å². The largest absolute Gasteiger partial charge is 0.342 e. The van der Waals surface area contributed by atoms with Crippen LogP contribution in [0.5, 0.6) is 0 Å². The highest BCUT2D eigenvalue weighted by Crippen LogP contribution is 2.22. The van der Waals surface area contributed by atoms with Crippen molar-refractivity contribution in [2.24, 2.45) is 11.8 Å². The number of carbonyl (C=O) groups excluding carboxylic acids is 2. The molecular formula is C18H31N3O2. The summed E-state index contributed by atoms with van der Waals surface area (Å²) in [5.74, 6) is 1.44. The van der Waals surface area contributed by atoms with E-state index in [2.05, 4.69) is 11.8 Å². The van der Waals surface area contributed by atoms with Gasteiger partial charge in [-0.25, -0.2) is 0 Å². The lowest BCUT2D eigenvalue weighted by Crippen LogP contribution is -2.48. The van der Waals surface area contributed by atoms with E-state index in [0.717, 1.165) is 65.0 Å². The summed E-state index contributed by atoms with van der Waals surface area (Å²) in [6.45, 7) is 8.33. The molecule has 0 spiro atoms. The fourth-order valence-corrected chi connectivity index (χ4v) is 4.29. The first-order chi connectivity index (χ1) is 11.1. The minimum Gasteiger partial charge on any atom is -0.342 e. The number of nitrogens with zero attached hydrogens (tertiary/aromatic N) is 3. The Morgan fingerprint density at radius 1 is 0.870 bits per heavy atom.